The van der Waals surface area contributed by atoms with Crippen LogP contribution in [0, 0.1) is 0 Å². The molecule has 0 unspecified atom stereocenters. The number of hydrogen-bond acceptors (Lipinski definition) is 5. The molecule has 0 saturated heterocycles. The maximum atomic E-state index is 13.3. The molecular formula is C25H22N2O5S. The number of carbonyl (C=O) groups is 1. The number of benzene rings is 3. The van der Waals surface area contributed by atoms with Crippen molar-refractivity contribution in [1.29, 1.82) is 0 Å². The van der Waals surface area contributed by atoms with Gasteiger partial charge in [-0.25, -0.2) is 8.42 Å². The van der Waals surface area contributed by atoms with Crippen molar-refractivity contribution >= 4 is 32.3 Å². The van der Waals surface area contributed by atoms with Crippen LogP contribution in [0.25, 0.3) is 10.9 Å². The molecule has 0 bridgehead atoms. The average molecular weight is 463 g/mol. The smallest absolute Gasteiger partial charge is 0.244 e. The van der Waals surface area contributed by atoms with Crippen LogP contribution in [0.4, 0.5) is 5.69 Å². The molecule has 0 atom stereocenters. The Balaban J connectivity index is 1.85. The van der Waals surface area contributed by atoms with Gasteiger partial charge >= 0.3 is 0 Å². The highest BCUT2D eigenvalue weighted by molar-refractivity contribution is 7.91. The Morgan fingerprint density at radius 2 is 1.64 bits per heavy atom. The fourth-order valence-corrected chi connectivity index (χ4v) is 4.92. The lowest BCUT2D eigenvalue weighted by Crippen LogP contribution is -2.24. The Morgan fingerprint density at radius 1 is 0.970 bits per heavy atom. The van der Waals surface area contributed by atoms with Crippen molar-refractivity contribution in [2.24, 2.45) is 0 Å². The van der Waals surface area contributed by atoms with E-state index < -0.39 is 20.2 Å². The van der Waals surface area contributed by atoms with Crippen molar-refractivity contribution in [2.75, 3.05) is 11.9 Å². The molecule has 0 radical (unpaired) electrons. The minimum atomic E-state index is -4.11. The number of carbonyl (C=O) groups excluding carboxylic acids is 1. The van der Waals surface area contributed by atoms with Gasteiger partial charge in [-0.2, -0.15) is 0 Å². The molecule has 33 heavy (non-hydrogen) atoms. The number of rotatable bonds is 7. The Morgan fingerprint density at radius 3 is 2.30 bits per heavy atom. The molecular weight excluding hydrogens is 440 g/mol. The normalized spacial score (nSPS) is 11.3. The highest BCUT2D eigenvalue weighted by atomic mass is 32.2. The first-order chi connectivity index (χ1) is 15.9. The summed E-state index contributed by atoms with van der Waals surface area (Å²) in [5.41, 5.74) is 0.400. The topological polar surface area (TPSA) is 94.5 Å². The van der Waals surface area contributed by atoms with Gasteiger partial charge < -0.3 is 14.6 Å². The number of ether oxygens (including phenoxy) is 1. The largest absolute Gasteiger partial charge is 0.494 e. The van der Waals surface area contributed by atoms with Crippen LogP contribution in [-0.2, 0) is 21.2 Å². The first-order valence-electron chi connectivity index (χ1n) is 10.3. The quantitative estimate of drug-likeness (QED) is 0.450. The summed E-state index contributed by atoms with van der Waals surface area (Å²) in [7, 11) is -4.11. The summed E-state index contributed by atoms with van der Waals surface area (Å²) in [5.74, 6) is 0.0831. The molecule has 1 aromatic heterocycles. The van der Waals surface area contributed by atoms with Crippen molar-refractivity contribution in [3.63, 3.8) is 0 Å². The monoisotopic (exact) mass is 462 g/mol. The lowest BCUT2D eigenvalue weighted by atomic mass is 10.2. The van der Waals surface area contributed by atoms with Gasteiger partial charge in [-0.1, -0.05) is 36.4 Å². The van der Waals surface area contributed by atoms with Crippen molar-refractivity contribution < 1.29 is 17.9 Å². The molecule has 3 aromatic carbocycles. The van der Waals surface area contributed by atoms with E-state index in [-0.39, 0.29) is 22.7 Å². The third kappa shape index (κ3) is 4.65. The zero-order chi connectivity index (χ0) is 23.4. The van der Waals surface area contributed by atoms with Gasteiger partial charge in [0.25, 0.3) is 0 Å². The molecule has 0 saturated carbocycles. The van der Waals surface area contributed by atoms with Crippen LogP contribution >= 0.6 is 0 Å². The fourth-order valence-electron chi connectivity index (χ4n) is 3.53. The molecule has 1 amide bonds. The minimum absolute atomic E-state index is 0.00250. The second-order valence-corrected chi connectivity index (χ2v) is 9.21. The van der Waals surface area contributed by atoms with Gasteiger partial charge in [0.1, 0.15) is 17.2 Å². The van der Waals surface area contributed by atoms with Crippen LogP contribution in [0.1, 0.15) is 6.92 Å². The van der Waals surface area contributed by atoms with E-state index in [4.69, 9.17) is 4.74 Å². The Hall–Kier alpha value is -3.91. The summed E-state index contributed by atoms with van der Waals surface area (Å²) >= 11 is 0. The van der Waals surface area contributed by atoms with Crippen molar-refractivity contribution in [3.8, 4) is 5.75 Å². The first-order valence-corrected chi connectivity index (χ1v) is 11.8. The molecule has 0 aliphatic carbocycles. The summed E-state index contributed by atoms with van der Waals surface area (Å²) in [5, 5.41) is 2.94. The van der Waals surface area contributed by atoms with E-state index in [0.29, 0.717) is 23.6 Å². The number of para-hydroxylation sites is 1. The predicted molar refractivity (Wildman–Crippen MR) is 126 cm³/mol. The molecule has 0 aliphatic rings. The zero-order valence-corrected chi connectivity index (χ0v) is 18.7. The molecule has 168 valence electrons. The molecule has 7 nitrogen and oxygen atoms in total. The zero-order valence-electron chi connectivity index (χ0n) is 17.9. The van der Waals surface area contributed by atoms with Crippen molar-refractivity contribution in [3.05, 3.63) is 95.3 Å². The lowest BCUT2D eigenvalue weighted by Gasteiger charge is -2.15. The summed E-state index contributed by atoms with van der Waals surface area (Å²) < 4.78 is 33.6. The van der Waals surface area contributed by atoms with Gasteiger partial charge in [-0.15, -0.1) is 0 Å². The number of sulfone groups is 1. The third-order valence-electron chi connectivity index (χ3n) is 5.04. The third-order valence-corrected chi connectivity index (χ3v) is 6.81. The number of aromatic nitrogens is 1. The van der Waals surface area contributed by atoms with Gasteiger partial charge in [0.05, 0.1) is 22.4 Å². The lowest BCUT2D eigenvalue weighted by molar-refractivity contribution is -0.116. The summed E-state index contributed by atoms with van der Waals surface area (Å²) in [6.07, 6.45) is 1.23. The average Bonchev–Trinajstić information content (AvgIpc) is 2.82. The van der Waals surface area contributed by atoms with E-state index in [1.54, 1.807) is 54.6 Å². The summed E-state index contributed by atoms with van der Waals surface area (Å²) in [6.45, 7) is 2.02. The second-order valence-electron chi connectivity index (χ2n) is 7.29. The number of anilines is 1. The predicted octanol–water partition coefficient (Wildman–Crippen LogP) is 3.87. The van der Waals surface area contributed by atoms with E-state index in [9.17, 15) is 18.0 Å². The maximum absolute atomic E-state index is 13.3. The minimum Gasteiger partial charge on any atom is -0.494 e. The maximum Gasteiger partial charge on any atom is 0.244 e. The standard InChI is InChI=1S/C25H22N2O5S/c1-2-32-19-13-14-22-21(15-19)25(29)23(33(30,31)20-11-7-4-8-12-20)16-27(22)17-24(28)26-18-9-5-3-6-10-18/h3-16H,2,17H2,1H3,(H,26,28). The Kier molecular flexibility index (Phi) is 6.28. The SMILES string of the molecule is CCOc1ccc2c(c1)c(=O)c(S(=O)(=O)c1ccccc1)cn2CC(=O)Nc1ccccc1. The molecule has 8 heteroatoms. The second kappa shape index (κ2) is 9.30. The van der Waals surface area contributed by atoms with Crippen LogP contribution in [0.15, 0.2) is 99.6 Å². The van der Waals surface area contributed by atoms with Gasteiger partial charge in [-0.3, -0.25) is 9.59 Å². The Labute approximate surface area is 191 Å². The number of hydrogen-bond donors (Lipinski definition) is 1. The van der Waals surface area contributed by atoms with E-state index >= 15 is 0 Å². The Bertz CT molecular complexity index is 1460. The molecule has 0 fully saturated rings. The van der Waals surface area contributed by atoms with Crippen LogP contribution in [0.3, 0.4) is 0 Å². The van der Waals surface area contributed by atoms with Crippen LogP contribution in [0.5, 0.6) is 5.75 Å². The van der Waals surface area contributed by atoms with Crippen molar-refractivity contribution in [1.82, 2.24) is 4.57 Å². The van der Waals surface area contributed by atoms with E-state index in [0.717, 1.165) is 0 Å². The number of amides is 1. The molecule has 4 rings (SSSR count). The number of pyridine rings is 1. The molecule has 0 spiro atoms. The highest BCUT2D eigenvalue weighted by Gasteiger charge is 2.24. The number of fused-ring (bicyclic) bond motifs is 1. The summed E-state index contributed by atoms with van der Waals surface area (Å²) in [4.78, 5) is 25.6. The van der Waals surface area contributed by atoms with Gasteiger partial charge in [0.2, 0.25) is 21.2 Å². The van der Waals surface area contributed by atoms with E-state index in [2.05, 4.69) is 5.32 Å². The number of nitrogens with one attached hydrogen (secondary N) is 1. The molecule has 0 aliphatic heterocycles. The molecule has 1 N–H and O–H groups in total. The van der Waals surface area contributed by atoms with Crippen LogP contribution in [0.2, 0.25) is 0 Å². The highest BCUT2D eigenvalue weighted by Crippen LogP contribution is 2.24. The van der Waals surface area contributed by atoms with Gasteiger partial charge in [0, 0.05) is 11.9 Å². The van der Waals surface area contributed by atoms with Crippen molar-refractivity contribution in [2.45, 2.75) is 23.3 Å². The van der Waals surface area contributed by atoms with Crippen LogP contribution in [-0.4, -0.2) is 25.5 Å². The van der Waals surface area contributed by atoms with E-state index in [1.165, 1.54) is 29.0 Å². The summed E-state index contributed by atoms with van der Waals surface area (Å²) in [6, 6.07) is 21.5. The van der Waals surface area contributed by atoms with Gasteiger partial charge in [-0.05, 0) is 49.4 Å². The fraction of sp³-hybridized carbons (Fsp3) is 0.120. The van der Waals surface area contributed by atoms with Gasteiger partial charge in [0.15, 0.2) is 0 Å². The number of nitrogens with zero attached hydrogens (tertiary/aromatic N) is 1. The first kappa shape index (κ1) is 22.3. The molecule has 1 heterocycles. The van der Waals surface area contributed by atoms with Crippen LogP contribution < -0.4 is 15.5 Å². The van der Waals surface area contributed by atoms with E-state index in [1.807, 2.05) is 13.0 Å². The molecule has 4 aromatic rings.